The predicted molar refractivity (Wildman–Crippen MR) is 63.8 cm³/mol. The summed E-state index contributed by atoms with van der Waals surface area (Å²) in [5.41, 5.74) is 0. The Kier molecular flexibility index (Phi) is 5.22. The van der Waals surface area contributed by atoms with Crippen LogP contribution in [0.5, 0.6) is 0 Å². The first-order valence-corrected chi connectivity index (χ1v) is 6.58. The second-order valence-corrected chi connectivity index (χ2v) is 4.63. The lowest BCUT2D eigenvalue weighted by Gasteiger charge is -2.22. The molecule has 98 valence electrons. The normalized spacial score (nSPS) is 26.0. The highest BCUT2D eigenvalue weighted by Gasteiger charge is 2.21. The zero-order chi connectivity index (χ0) is 11.9. The molecule has 1 aliphatic carbocycles. The van der Waals surface area contributed by atoms with Crippen LogP contribution in [0.15, 0.2) is 0 Å². The Bertz CT molecular complexity index is 236. The van der Waals surface area contributed by atoms with Gasteiger partial charge >= 0.3 is 0 Å². The van der Waals surface area contributed by atoms with Gasteiger partial charge in [0.15, 0.2) is 0 Å². The Morgan fingerprint density at radius 2 is 2.24 bits per heavy atom. The molecule has 2 aliphatic rings. The molecule has 0 spiro atoms. The van der Waals surface area contributed by atoms with Crippen LogP contribution in [0.1, 0.15) is 25.7 Å². The van der Waals surface area contributed by atoms with E-state index in [1.807, 2.05) is 0 Å². The van der Waals surface area contributed by atoms with E-state index in [4.69, 9.17) is 9.47 Å². The number of nitrogens with one attached hydrogen (secondary N) is 2. The predicted octanol–water partition coefficient (Wildman–Crippen LogP) is 0.0502. The van der Waals surface area contributed by atoms with Gasteiger partial charge in [-0.15, -0.1) is 0 Å². The number of morpholine rings is 1. The molecule has 17 heavy (non-hydrogen) atoms. The van der Waals surface area contributed by atoms with E-state index in [0.29, 0.717) is 32.4 Å². The number of hydrogen-bond acceptors (Lipinski definition) is 4. The lowest BCUT2D eigenvalue weighted by Crippen LogP contribution is -2.48. The molecule has 1 saturated carbocycles. The van der Waals surface area contributed by atoms with Crippen LogP contribution in [0, 0.1) is 0 Å². The Balaban J connectivity index is 1.53. The monoisotopic (exact) mass is 242 g/mol. The van der Waals surface area contributed by atoms with E-state index in [-0.39, 0.29) is 12.0 Å². The van der Waals surface area contributed by atoms with Crippen molar-refractivity contribution < 1.29 is 14.3 Å². The SMILES string of the molecule is O=C(NCCOC1CCCC1)C1CNCCO1. The molecule has 0 radical (unpaired) electrons. The van der Waals surface area contributed by atoms with Gasteiger partial charge in [-0.05, 0) is 12.8 Å². The molecule has 1 saturated heterocycles. The van der Waals surface area contributed by atoms with Crippen LogP contribution in [0.4, 0.5) is 0 Å². The van der Waals surface area contributed by atoms with Gasteiger partial charge in [0, 0.05) is 19.6 Å². The van der Waals surface area contributed by atoms with Crippen LogP contribution in [-0.4, -0.2) is 51.0 Å². The van der Waals surface area contributed by atoms with E-state index in [1.165, 1.54) is 25.7 Å². The Labute approximate surface area is 102 Å². The lowest BCUT2D eigenvalue weighted by atomic mass is 10.3. The van der Waals surface area contributed by atoms with Crippen molar-refractivity contribution in [3.63, 3.8) is 0 Å². The fourth-order valence-electron chi connectivity index (χ4n) is 2.30. The molecular weight excluding hydrogens is 220 g/mol. The molecule has 1 amide bonds. The first-order chi connectivity index (χ1) is 8.36. The fourth-order valence-corrected chi connectivity index (χ4v) is 2.30. The van der Waals surface area contributed by atoms with Gasteiger partial charge in [-0.3, -0.25) is 4.79 Å². The molecule has 0 bridgehead atoms. The molecule has 5 heteroatoms. The summed E-state index contributed by atoms with van der Waals surface area (Å²) >= 11 is 0. The van der Waals surface area contributed by atoms with Gasteiger partial charge in [0.25, 0.3) is 5.91 Å². The standard InChI is InChI=1S/C12H22N2O3/c15-12(11-9-13-5-7-17-11)14-6-8-16-10-3-1-2-4-10/h10-11,13H,1-9H2,(H,14,15). The summed E-state index contributed by atoms with van der Waals surface area (Å²) < 4.78 is 11.0. The number of carbonyl (C=O) groups is 1. The van der Waals surface area contributed by atoms with Gasteiger partial charge in [-0.25, -0.2) is 0 Å². The van der Waals surface area contributed by atoms with Crippen LogP contribution in [0.3, 0.4) is 0 Å². The first-order valence-electron chi connectivity index (χ1n) is 6.58. The van der Waals surface area contributed by atoms with Gasteiger partial charge < -0.3 is 20.1 Å². The minimum Gasteiger partial charge on any atom is -0.376 e. The minimum atomic E-state index is -0.338. The zero-order valence-corrected chi connectivity index (χ0v) is 10.2. The molecule has 5 nitrogen and oxygen atoms in total. The van der Waals surface area contributed by atoms with Crippen molar-refractivity contribution in [3.05, 3.63) is 0 Å². The van der Waals surface area contributed by atoms with Crippen molar-refractivity contribution >= 4 is 5.91 Å². The van der Waals surface area contributed by atoms with E-state index in [2.05, 4.69) is 10.6 Å². The topological polar surface area (TPSA) is 59.6 Å². The number of amides is 1. The molecule has 0 aromatic carbocycles. The second kappa shape index (κ2) is 6.93. The van der Waals surface area contributed by atoms with E-state index >= 15 is 0 Å². The van der Waals surface area contributed by atoms with Crippen molar-refractivity contribution in [1.82, 2.24) is 10.6 Å². The third-order valence-electron chi connectivity index (χ3n) is 3.28. The van der Waals surface area contributed by atoms with Gasteiger partial charge in [0.2, 0.25) is 0 Å². The maximum atomic E-state index is 11.7. The van der Waals surface area contributed by atoms with E-state index < -0.39 is 0 Å². The summed E-state index contributed by atoms with van der Waals surface area (Å²) in [6.07, 6.45) is 4.97. The smallest absolute Gasteiger partial charge is 0.250 e. The van der Waals surface area contributed by atoms with Crippen molar-refractivity contribution in [2.24, 2.45) is 0 Å². The van der Waals surface area contributed by atoms with E-state index in [0.717, 1.165) is 6.54 Å². The number of rotatable bonds is 5. The molecule has 2 fully saturated rings. The highest BCUT2D eigenvalue weighted by atomic mass is 16.5. The molecular formula is C12H22N2O3. The lowest BCUT2D eigenvalue weighted by molar-refractivity contribution is -0.134. The Hall–Kier alpha value is -0.650. The first kappa shape index (κ1) is 12.8. The largest absolute Gasteiger partial charge is 0.376 e. The quantitative estimate of drug-likeness (QED) is 0.669. The summed E-state index contributed by atoms with van der Waals surface area (Å²) in [7, 11) is 0. The second-order valence-electron chi connectivity index (χ2n) is 4.63. The van der Waals surface area contributed by atoms with Gasteiger partial charge in [-0.2, -0.15) is 0 Å². The van der Waals surface area contributed by atoms with E-state index in [9.17, 15) is 4.79 Å². The number of carbonyl (C=O) groups excluding carboxylic acids is 1. The Morgan fingerprint density at radius 1 is 1.41 bits per heavy atom. The molecule has 2 rings (SSSR count). The third kappa shape index (κ3) is 4.26. The van der Waals surface area contributed by atoms with Crippen molar-refractivity contribution in [3.8, 4) is 0 Å². The molecule has 0 aromatic heterocycles. The maximum Gasteiger partial charge on any atom is 0.250 e. The fraction of sp³-hybridized carbons (Fsp3) is 0.917. The van der Waals surface area contributed by atoms with Crippen molar-refractivity contribution in [2.75, 3.05) is 32.8 Å². The van der Waals surface area contributed by atoms with Gasteiger partial charge in [0.05, 0.1) is 19.3 Å². The van der Waals surface area contributed by atoms with Gasteiger partial charge in [-0.1, -0.05) is 12.8 Å². The minimum absolute atomic E-state index is 0.0350. The van der Waals surface area contributed by atoms with Crippen LogP contribution in [0.2, 0.25) is 0 Å². The number of ether oxygens (including phenoxy) is 2. The summed E-state index contributed by atoms with van der Waals surface area (Å²) in [5.74, 6) is -0.0350. The average Bonchev–Trinajstić information content (AvgIpc) is 2.88. The molecule has 1 atom stereocenters. The highest BCUT2D eigenvalue weighted by Crippen LogP contribution is 2.20. The van der Waals surface area contributed by atoms with Crippen LogP contribution < -0.4 is 10.6 Å². The van der Waals surface area contributed by atoms with Crippen molar-refractivity contribution in [2.45, 2.75) is 37.9 Å². The van der Waals surface area contributed by atoms with Crippen LogP contribution in [-0.2, 0) is 14.3 Å². The maximum absolute atomic E-state index is 11.7. The van der Waals surface area contributed by atoms with Gasteiger partial charge in [0.1, 0.15) is 6.10 Å². The molecule has 1 heterocycles. The Morgan fingerprint density at radius 3 is 2.94 bits per heavy atom. The summed E-state index contributed by atoms with van der Waals surface area (Å²) in [6, 6.07) is 0. The average molecular weight is 242 g/mol. The van der Waals surface area contributed by atoms with Crippen LogP contribution in [0.25, 0.3) is 0 Å². The third-order valence-corrected chi connectivity index (χ3v) is 3.28. The van der Waals surface area contributed by atoms with E-state index in [1.54, 1.807) is 0 Å². The molecule has 1 unspecified atom stereocenters. The van der Waals surface area contributed by atoms with Crippen molar-refractivity contribution in [1.29, 1.82) is 0 Å². The highest BCUT2D eigenvalue weighted by molar-refractivity contribution is 5.81. The molecule has 2 N–H and O–H groups in total. The molecule has 0 aromatic rings. The zero-order valence-electron chi connectivity index (χ0n) is 10.2. The summed E-state index contributed by atoms with van der Waals surface area (Å²) in [5, 5.41) is 5.98. The summed E-state index contributed by atoms with van der Waals surface area (Å²) in [6.45, 7) is 3.23. The van der Waals surface area contributed by atoms with Crippen LogP contribution >= 0.6 is 0 Å². The molecule has 1 aliphatic heterocycles. The number of hydrogen-bond donors (Lipinski definition) is 2. The summed E-state index contributed by atoms with van der Waals surface area (Å²) in [4.78, 5) is 11.7.